The van der Waals surface area contributed by atoms with Crippen LogP contribution in [0.1, 0.15) is 13.3 Å². The van der Waals surface area contributed by atoms with Gasteiger partial charge in [0, 0.05) is 18.3 Å². The molecular weight excluding hydrogens is 278 g/mol. The number of amides is 3. The molecule has 21 heavy (non-hydrogen) atoms. The minimum atomic E-state index is -1.40. The molecule has 0 saturated carbocycles. The number of phenolic OH excluding ortho intramolecular Hbond substituents is 1. The van der Waals surface area contributed by atoms with Gasteiger partial charge < -0.3 is 21.3 Å². The lowest BCUT2D eigenvalue weighted by Crippen LogP contribution is -2.49. The Balaban J connectivity index is 2.88. The molecule has 8 heteroatoms. The van der Waals surface area contributed by atoms with Crippen LogP contribution in [-0.4, -0.2) is 40.7 Å². The molecule has 0 radical (unpaired) electrons. The van der Waals surface area contributed by atoms with Gasteiger partial charge in [-0.3, -0.25) is 9.69 Å². The number of phenols is 1. The summed E-state index contributed by atoms with van der Waals surface area (Å²) in [6, 6.07) is 3.86. The zero-order valence-electron chi connectivity index (χ0n) is 11.4. The van der Waals surface area contributed by atoms with Crippen molar-refractivity contribution >= 4 is 23.6 Å². The maximum absolute atomic E-state index is 12.1. The van der Waals surface area contributed by atoms with Crippen molar-refractivity contribution in [3.63, 3.8) is 0 Å². The van der Waals surface area contributed by atoms with Crippen LogP contribution in [0.3, 0.4) is 0 Å². The number of rotatable bonds is 6. The normalized spacial score (nSPS) is 11.5. The standard InChI is InChI=1S/C13H17N3O5/c1-2-16(8-4-3-5-9(17)6-8)13(21)15-10(12(19)20)7-11(14)18/h3-6,10,17H,2,7H2,1H3,(H2,14,18)(H,15,21)(H,19,20)/t10-/m1/s1. The number of carboxylic acids is 1. The van der Waals surface area contributed by atoms with E-state index in [2.05, 4.69) is 5.32 Å². The van der Waals surface area contributed by atoms with Crippen LogP contribution in [0.5, 0.6) is 5.75 Å². The van der Waals surface area contributed by atoms with Gasteiger partial charge in [-0.2, -0.15) is 0 Å². The van der Waals surface area contributed by atoms with Crippen molar-refractivity contribution in [3.05, 3.63) is 24.3 Å². The van der Waals surface area contributed by atoms with Crippen LogP contribution in [0, 0.1) is 0 Å². The van der Waals surface area contributed by atoms with E-state index in [1.807, 2.05) is 0 Å². The third-order valence-corrected chi connectivity index (χ3v) is 2.70. The third kappa shape index (κ3) is 4.68. The van der Waals surface area contributed by atoms with Crippen LogP contribution in [-0.2, 0) is 9.59 Å². The van der Waals surface area contributed by atoms with Gasteiger partial charge in [-0.25, -0.2) is 9.59 Å². The second-order valence-electron chi connectivity index (χ2n) is 4.27. The first kappa shape index (κ1) is 16.3. The Kier molecular flexibility index (Phi) is 5.53. The topological polar surface area (TPSA) is 133 Å². The predicted octanol–water partition coefficient (Wildman–Crippen LogP) is 0.257. The van der Waals surface area contributed by atoms with Crippen LogP contribution >= 0.6 is 0 Å². The fourth-order valence-corrected chi connectivity index (χ4v) is 1.73. The van der Waals surface area contributed by atoms with E-state index in [0.717, 1.165) is 0 Å². The first-order valence-corrected chi connectivity index (χ1v) is 6.23. The number of benzene rings is 1. The monoisotopic (exact) mass is 295 g/mol. The lowest BCUT2D eigenvalue weighted by molar-refractivity contribution is -0.140. The molecule has 0 unspecified atom stereocenters. The summed E-state index contributed by atoms with van der Waals surface area (Å²) in [6.07, 6.45) is -0.501. The van der Waals surface area contributed by atoms with Crippen molar-refractivity contribution in [2.45, 2.75) is 19.4 Å². The first-order valence-electron chi connectivity index (χ1n) is 6.23. The number of carboxylic acid groups (broad SMARTS) is 1. The number of nitrogens with two attached hydrogens (primary N) is 1. The molecule has 0 aliphatic heterocycles. The number of anilines is 1. The van der Waals surface area contributed by atoms with E-state index in [1.165, 1.54) is 17.0 Å². The average Bonchev–Trinajstić information content (AvgIpc) is 2.38. The van der Waals surface area contributed by atoms with Gasteiger partial charge >= 0.3 is 12.0 Å². The molecular formula is C13H17N3O5. The second kappa shape index (κ2) is 7.13. The van der Waals surface area contributed by atoms with E-state index >= 15 is 0 Å². The quantitative estimate of drug-likeness (QED) is 0.597. The van der Waals surface area contributed by atoms with Crippen molar-refractivity contribution in [2.75, 3.05) is 11.4 Å². The maximum Gasteiger partial charge on any atom is 0.326 e. The van der Waals surface area contributed by atoms with Gasteiger partial charge in [-0.15, -0.1) is 0 Å². The Morgan fingerprint density at radius 2 is 2.05 bits per heavy atom. The molecule has 1 rings (SSSR count). The summed E-state index contributed by atoms with van der Waals surface area (Å²) >= 11 is 0. The summed E-state index contributed by atoms with van der Waals surface area (Å²) in [5, 5.41) is 20.6. The number of carbonyl (C=O) groups is 3. The number of hydrogen-bond acceptors (Lipinski definition) is 4. The number of nitrogens with one attached hydrogen (secondary N) is 1. The number of carbonyl (C=O) groups excluding carboxylic acids is 2. The highest BCUT2D eigenvalue weighted by Gasteiger charge is 2.25. The van der Waals surface area contributed by atoms with Crippen molar-refractivity contribution in [1.29, 1.82) is 0 Å². The molecule has 1 aromatic rings. The molecule has 0 spiro atoms. The molecule has 1 aromatic carbocycles. The Morgan fingerprint density at radius 1 is 1.38 bits per heavy atom. The number of aromatic hydroxyl groups is 1. The molecule has 0 heterocycles. The Hall–Kier alpha value is -2.77. The highest BCUT2D eigenvalue weighted by Crippen LogP contribution is 2.20. The van der Waals surface area contributed by atoms with E-state index in [1.54, 1.807) is 19.1 Å². The van der Waals surface area contributed by atoms with Crippen LogP contribution in [0.25, 0.3) is 0 Å². The Labute approximate surface area is 121 Å². The average molecular weight is 295 g/mol. The van der Waals surface area contributed by atoms with E-state index in [0.29, 0.717) is 5.69 Å². The van der Waals surface area contributed by atoms with E-state index in [4.69, 9.17) is 10.8 Å². The van der Waals surface area contributed by atoms with Crippen LogP contribution in [0.15, 0.2) is 24.3 Å². The van der Waals surface area contributed by atoms with E-state index in [-0.39, 0.29) is 12.3 Å². The van der Waals surface area contributed by atoms with Crippen molar-refractivity contribution in [2.24, 2.45) is 5.73 Å². The number of nitrogens with zero attached hydrogens (tertiary/aromatic N) is 1. The second-order valence-corrected chi connectivity index (χ2v) is 4.27. The molecule has 3 amide bonds. The van der Waals surface area contributed by atoms with Gasteiger partial charge in [-0.05, 0) is 19.1 Å². The first-order chi connectivity index (χ1) is 9.85. The van der Waals surface area contributed by atoms with Crippen LogP contribution in [0.2, 0.25) is 0 Å². The number of primary amides is 1. The number of aliphatic carboxylic acids is 1. The Bertz CT molecular complexity index is 546. The van der Waals surface area contributed by atoms with Gasteiger partial charge in [0.15, 0.2) is 0 Å². The molecule has 1 atom stereocenters. The van der Waals surface area contributed by atoms with E-state index < -0.39 is 30.4 Å². The molecule has 0 saturated heterocycles. The molecule has 114 valence electrons. The van der Waals surface area contributed by atoms with Crippen molar-refractivity contribution in [1.82, 2.24) is 5.32 Å². The van der Waals surface area contributed by atoms with Gasteiger partial charge in [0.25, 0.3) is 0 Å². The Morgan fingerprint density at radius 3 is 2.52 bits per heavy atom. The molecule has 0 aromatic heterocycles. The summed E-state index contributed by atoms with van der Waals surface area (Å²) in [5.41, 5.74) is 5.35. The minimum absolute atomic E-state index is 0.0225. The lowest BCUT2D eigenvalue weighted by Gasteiger charge is -2.23. The highest BCUT2D eigenvalue weighted by molar-refractivity contribution is 5.95. The zero-order valence-corrected chi connectivity index (χ0v) is 11.4. The summed E-state index contributed by atoms with van der Waals surface area (Å²) in [6.45, 7) is 1.94. The maximum atomic E-state index is 12.1. The summed E-state index contributed by atoms with van der Waals surface area (Å²) < 4.78 is 0. The number of hydrogen-bond donors (Lipinski definition) is 4. The summed E-state index contributed by atoms with van der Waals surface area (Å²) in [5.74, 6) is -2.21. The molecule has 5 N–H and O–H groups in total. The highest BCUT2D eigenvalue weighted by atomic mass is 16.4. The van der Waals surface area contributed by atoms with Crippen molar-refractivity contribution < 1.29 is 24.6 Å². The molecule has 0 aliphatic carbocycles. The fourth-order valence-electron chi connectivity index (χ4n) is 1.73. The van der Waals surface area contributed by atoms with Gasteiger partial charge in [-0.1, -0.05) is 6.07 Å². The van der Waals surface area contributed by atoms with Gasteiger partial charge in [0.1, 0.15) is 11.8 Å². The van der Waals surface area contributed by atoms with Crippen molar-refractivity contribution in [3.8, 4) is 5.75 Å². The summed E-state index contributed by atoms with van der Waals surface area (Å²) in [7, 11) is 0. The molecule has 0 aliphatic rings. The predicted molar refractivity (Wildman–Crippen MR) is 74.9 cm³/mol. The largest absolute Gasteiger partial charge is 0.508 e. The minimum Gasteiger partial charge on any atom is -0.508 e. The number of urea groups is 1. The zero-order chi connectivity index (χ0) is 16.0. The SMILES string of the molecule is CCN(C(=O)N[C@H](CC(N)=O)C(=O)O)c1cccc(O)c1. The van der Waals surface area contributed by atoms with Gasteiger partial charge in [0.2, 0.25) is 5.91 Å². The smallest absolute Gasteiger partial charge is 0.326 e. The van der Waals surface area contributed by atoms with Crippen LogP contribution < -0.4 is 16.0 Å². The fraction of sp³-hybridized carbons (Fsp3) is 0.308. The third-order valence-electron chi connectivity index (χ3n) is 2.70. The van der Waals surface area contributed by atoms with Gasteiger partial charge in [0.05, 0.1) is 6.42 Å². The van der Waals surface area contributed by atoms with E-state index in [9.17, 15) is 19.5 Å². The molecule has 0 fully saturated rings. The lowest BCUT2D eigenvalue weighted by atomic mass is 10.2. The molecule has 8 nitrogen and oxygen atoms in total. The molecule has 0 bridgehead atoms. The van der Waals surface area contributed by atoms with Crippen LogP contribution in [0.4, 0.5) is 10.5 Å². The summed E-state index contributed by atoms with van der Waals surface area (Å²) in [4.78, 5) is 35.1.